The third kappa shape index (κ3) is 4.61. The molecule has 0 aliphatic heterocycles. The van der Waals surface area contributed by atoms with Crippen molar-refractivity contribution in [3.8, 4) is 0 Å². The predicted octanol–water partition coefficient (Wildman–Crippen LogP) is 2.59. The molecule has 20 heavy (non-hydrogen) atoms. The molecule has 0 aromatic carbocycles. The summed E-state index contributed by atoms with van der Waals surface area (Å²) in [6, 6.07) is 3.28. The van der Waals surface area contributed by atoms with E-state index in [1.165, 1.54) is 4.31 Å². The Morgan fingerprint density at radius 1 is 1.10 bits per heavy atom. The summed E-state index contributed by atoms with van der Waals surface area (Å²) in [4.78, 5) is 0. The Morgan fingerprint density at radius 2 is 1.75 bits per heavy atom. The van der Waals surface area contributed by atoms with Crippen molar-refractivity contribution >= 4 is 10.0 Å². The maximum absolute atomic E-state index is 12.5. The van der Waals surface area contributed by atoms with Crippen LogP contribution in [-0.2, 0) is 16.6 Å². The molecule has 0 unspecified atom stereocenters. The van der Waals surface area contributed by atoms with E-state index in [1.54, 1.807) is 12.1 Å². The Hall–Kier alpha value is -0.850. The van der Waals surface area contributed by atoms with Crippen LogP contribution >= 0.6 is 0 Å². The number of hydrogen-bond donors (Lipinski definition) is 1. The Bertz CT molecular complexity index is 476. The maximum atomic E-state index is 12.5. The van der Waals surface area contributed by atoms with Gasteiger partial charge in [-0.1, -0.05) is 20.8 Å². The first-order chi connectivity index (χ1) is 9.56. The summed E-state index contributed by atoms with van der Waals surface area (Å²) in [7, 11) is -3.50. The summed E-state index contributed by atoms with van der Waals surface area (Å²) >= 11 is 0. The lowest BCUT2D eigenvalue weighted by molar-refractivity contribution is 0.362. The fraction of sp³-hybridized carbons (Fsp3) is 0.714. The van der Waals surface area contributed by atoms with Gasteiger partial charge in [-0.2, -0.15) is 4.31 Å². The van der Waals surface area contributed by atoms with Crippen LogP contribution in [0.15, 0.2) is 21.6 Å². The highest BCUT2D eigenvalue weighted by Gasteiger charge is 2.26. The quantitative estimate of drug-likeness (QED) is 0.675. The molecule has 0 aliphatic rings. The van der Waals surface area contributed by atoms with Gasteiger partial charge in [-0.3, -0.25) is 0 Å². The summed E-state index contributed by atoms with van der Waals surface area (Å²) in [6.45, 7) is 8.53. The van der Waals surface area contributed by atoms with Gasteiger partial charge in [0.25, 0.3) is 10.0 Å². The first kappa shape index (κ1) is 17.2. The van der Waals surface area contributed by atoms with Crippen molar-refractivity contribution in [1.29, 1.82) is 0 Å². The molecule has 1 rings (SSSR count). The molecule has 0 saturated heterocycles. The molecule has 0 spiro atoms. The van der Waals surface area contributed by atoms with Gasteiger partial charge in [-0.25, -0.2) is 8.42 Å². The van der Waals surface area contributed by atoms with Gasteiger partial charge < -0.3 is 9.73 Å². The van der Waals surface area contributed by atoms with Crippen molar-refractivity contribution in [2.45, 2.75) is 51.7 Å². The van der Waals surface area contributed by atoms with E-state index in [9.17, 15) is 8.42 Å². The number of sulfonamides is 1. The van der Waals surface area contributed by atoms with Crippen LogP contribution in [0.25, 0.3) is 0 Å². The second-order valence-electron chi connectivity index (χ2n) is 4.80. The fourth-order valence-electron chi connectivity index (χ4n) is 1.96. The summed E-state index contributed by atoms with van der Waals surface area (Å²) in [5.41, 5.74) is 0. The van der Waals surface area contributed by atoms with Crippen LogP contribution in [0.1, 0.15) is 45.8 Å². The average molecular weight is 302 g/mol. The van der Waals surface area contributed by atoms with E-state index in [-0.39, 0.29) is 5.09 Å². The lowest BCUT2D eigenvalue weighted by atomic mass is 10.4. The number of hydrogen-bond acceptors (Lipinski definition) is 4. The van der Waals surface area contributed by atoms with E-state index in [2.05, 4.69) is 12.2 Å². The van der Waals surface area contributed by atoms with Gasteiger partial charge >= 0.3 is 0 Å². The van der Waals surface area contributed by atoms with E-state index >= 15 is 0 Å². The van der Waals surface area contributed by atoms with Crippen LogP contribution in [0, 0.1) is 0 Å². The van der Waals surface area contributed by atoms with Crippen LogP contribution in [0.5, 0.6) is 0 Å². The molecule has 1 aromatic heterocycles. The lowest BCUT2D eigenvalue weighted by Gasteiger charge is -2.19. The minimum Gasteiger partial charge on any atom is -0.447 e. The van der Waals surface area contributed by atoms with E-state index < -0.39 is 10.0 Å². The minimum absolute atomic E-state index is 0.0488. The van der Waals surface area contributed by atoms with Crippen molar-refractivity contribution in [3.05, 3.63) is 17.9 Å². The van der Waals surface area contributed by atoms with Crippen LogP contribution in [0.3, 0.4) is 0 Å². The summed E-state index contributed by atoms with van der Waals surface area (Å²) in [5, 5.41) is 3.24. The lowest BCUT2D eigenvalue weighted by Crippen LogP contribution is -2.32. The number of nitrogens with zero attached hydrogens (tertiary/aromatic N) is 1. The van der Waals surface area contributed by atoms with E-state index in [0.717, 1.165) is 25.8 Å². The predicted molar refractivity (Wildman–Crippen MR) is 80.0 cm³/mol. The number of furan rings is 1. The zero-order valence-electron chi connectivity index (χ0n) is 12.7. The Labute approximate surface area is 122 Å². The van der Waals surface area contributed by atoms with Crippen molar-refractivity contribution in [2.24, 2.45) is 0 Å². The van der Waals surface area contributed by atoms with Crippen LogP contribution < -0.4 is 5.32 Å². The average Bonchev–Trinajstić information content (AvgIpc) is 2.88. The molecule has 0 aliphatic carbocycles. The molecule has 0 fully saturated rings. The van der Waals surface area contributed by atoms with Gasteiger partial charge in [-0.15, -0.1) is 0 Å². The van der Waals surface area contributed by atoms with Crippen LogP contribution in [0.4, 0.5) is 0 Å². The maximum Gasteiger partial charge on any atom is 0.276 e. The fourth-order valence-corrected chi connectivity index (χ4v) is 3.51. The molecule has 0 bridgehead atoms. The molecule has 0 saturated carbocycles. The number of rotatable bonds is 10. The molecule has 0 radical (unpaired) electrons. The standard InChI is InChI=1S/C14H26N2O3S/c1-4-9-15-12-13-7-8-14(19-13)20(17,18)16(10-5-2)11-6-3/h7-8,15H,4-6,9-12H2,1-3H3. The highest BCUT2D eigenvalue weighted by molar-refractivity contribution is 7.89. The third-order valence-corrected chi connectivity index (χ3v) is 4.68. The summed E-state index contributed by atoms with van der Waals surface area (Å²) in [6.07, 6.45) is 2.63. The molecule has 1 N–H and O–H groups in total. The summed E-state index contributed by atoms with van der Waals surface area (Å²) in [5.74, 6) is 0.657. The SMILES string of the molecule is CCCNCc1ccc(S(=O)(=O)N(CCC)CCC)o1. The molecular formula is C14H26N2O3S. The molecule has 116 valence electrons. The molecule has 1 aromatic rings. The van der Waals surface area contributed by atoms with Gasteiger partial charge in [-0.05, 0) is 37.9 Å². The first-order valence-corrected chi connectivity index (χ1v) is 8.79. The van der Waals surface area contributed by atoms with Crippen molar-refractivity contribution in [3.63, 3.8) is 0 Å². The third-order valence-electron chi connectivity index (χ3n) is 2.90. The van der Waals surface area contributed by atoms with Crippen LogP contribution in [0.2, 0.25) is 0 Å². The van der Waals surface area contributed by atoms with Gasteiger partial charge in [0.15, 0.2) is 0 Å². The van der Waals surface area contributed by atoms with Gasteiger partial charge in [0.05, 0.1) is 6.54 Å². The molecule has 6 heteroatoms. The van der Waals surface area contributed by atoms with Crippen molar-refractivity contribution in [1.82, 2.24) is 9.62 Å². The monoisotopic (exact) mass is 302 g/mol. The van der Waals surface area contributed by atoms with Crippen molar-refractivity contribution in [2.75, 3.05) is 19.6 Å². The highest BCUT2D eigenvalue weighted by atomic mass is 32.2. The molecular weight excluding hydrogens is 276 g/mol. The van der Waals surface area contributed by atoms with E-state index in [4.69, 9.17) is 4.42 Å². The van der Waals surface area contributed by atoms with Crippen molar-refractivity contribution < 1.29 is 12.8 Å². The molecule has 0 atom stereocenters. The largest absolute Gasteiger partial charge is 0.447 e. The molecule has 0 amide bonds. The smallest absolute Gasteiger partial charge is 0.276 e. The number of nitrogens with one attached hydrogen (secondary N) is 1. The van der Waals surface area contributed by atoms with Gasteiger partial charge in [0.1, 0.15) is 5.76 Å². The Balaban J connectivity index is 2.80. The van der Waals surface area contributed by atoms with Crippen LogP contribution in [-0.4, -0.2) is 32.4 Å². The normalized spacial score (nSPS) is 12.2. The Kier molecular flexibility index (Phi) is 7.26. The van der Waals surface area contributed by atoms with E-state index in [1.807, 2.05) is 13.8 Å². The highest BCUT2D eigenvalue weighted by Crippen LogP contribution is 2.19. The first-order valence-electron chi connectivity index (χ1n) is 7.35. The van der Waals surface area contributed by atoms with E-state index in [0.29, 0.717) is 25.4 Å². The zero-order chi connectivity index (χ0) is 15.0. The van der Waals surface area contributed by atoms with Gasteiger partial charge in [0.2, 0.25) is 5.09 Å². The van der Waals surface area contributed by atoms with Gasteiger partial charge in [0, 0.05) is 13.1 Å². The second kappa shape index (κ2) is 8.44. The minimum atomic E-state index is -3.50. The molecule has 1 heterocycles. The Morgan fingerprint density at radius 3 is 2.30 bits per heavy atom. The zero-order valence-corrected chi connectivity index (χ0v) is 13.5. The topological polar surface area (TPSA) is 62.6 Å². The summed E-state index contributed by atoms with van der Waals surface area (Å²) < 4.78 is 31.9. The molecule has 5 nitrogen and oxygen atoms in total. The second-order valence-corrected chi connectivity index (χ2v) is 6.67.